The predicted molar refractivity (Wildman–Crippen MR) is 64.6 cm³/mol. The zero-order chi connectivity index (χ0) is 11.7. The summed E-state index contributed by atoms with van der Waals surface area (Å²) in [5.41, 5.74) is 2.58. The van der Waals surface area contributed by atoms with E-state index in [1.807, 2.05) is 29.5 Å². The van der Waals surface area contributed by atoms with Crippen LogP contribution in [0, 0.1) is 0 Å². The summed E-state index contributed by atoms with van der Waals surface area (Å²) in [6.07, 6.45) is 6.85. The molecular formula is C12H17N5. The fourth-order valence-electron chi connectivity index (χ4n) is 2.41. The lowest BCUT2D eigenvalue weighted by Crippen LogP contribution is -2.26. The zero-order valence-corrected chi connectivity index (χ0v) is 10.0. The summed E-state index contributed by atoms with van der Waals surface area (Å²) in [5.74, 6) is 0. The van der Waals surface area contributed by atoms with Crippen LogP contribution in [0.3, 0.4) is 0 Å². The van der Waals surface area contributed by atoms with E-state index in [1.54, 1.807) is 0 Å². The molecule has 5 heteroatoms. The fourth-order valence-corrected chi connectivity index (χ4v) is 2.41. The van der Waals surface area contributed by atoms with Crippen LogP contribution in [-0.4, -0.2) is 25.9 Å². The van der Waals surface area contributed by atoms with Gasteiger partial charge >= 0.3 is 0 Å². The molecule has 2 aromatic rings. The Bertz CT molecular complexity index is 485. The van der Waals surface area contributed by atoms with E-state index in [0.717, 1.165) is 26.1 Å². The molecule has 17 heavy (non-hydrogen) atoms. The van der Waals surface area contributed by atoms with Gasteiger partial charge in [-0.05, 0) is 13.0 Å². The molecule has 0 aromatic carbocycles. The van der Waals surface area contributed by atoms with Crippen molar-refractivity contribution >= 4 is 0 Å². The Hall–Kier alpha value is -1.62. The maximum absolute atomic E-state index is 4.48. The molecule has 0 saturated carbocycles. The van der Waals surface area contributed by atoms with Gasteiger partial charge in [0.1, 0.15) is 0 Å². The van der Waals surface area contributed by atoms with Gasteiger partial charge in [-0.15, -0.1) is 0 Å². The van der Waals surface area contributed by atoms with Crippen LogP contribution in [0.1, 0.15) is 24.4 Å². The molecule has 2 aromatic heterocycles. The van der Waals surface area contributed by atoms with E-state index in [4.69, 9.17) is 0 Å². The molecule has 0 amide bonds. The van der Waals surface area contributed by atoms with Crippen molar-refractivity contribution < 1.29 is 0 Å². The van der Waals surface area contributed by atoms with Gasteiger partial charge in [0.05, 0.1) is 24.6 Å². The lowest BCUT2D eigenvalue weighted by molar-refractivity contribution is 0.422. The highest BCUT2D eigenvalue weighted by Crippen LogP contribution is 2.18. The maximum atomic E-state index is 4.48. The number of fused-ring (bicyclic) bond motifs is 1. The van der Waals surface area contributed by atoms with E-state index >= 15 is 0 Å². The lowest BCUT2D eigenvalue weighted by atomic mass is 10.1. The monoisotopic (exact) mass is 231 g/mol. The Morgan fingerprint density at radius 3 is 3.29 bits per heavy atom. The first-order valence-corrected chi connectivity index (χ1v) is 6.07. The van der Waals surface area contributed by atoms with Gasteiger partial charge in [-0.3, -0.25) is 4.68 Å². The summed E-state index contributed by atoms with van der Waals surface area (Å²) in [7, 11) is 0. The molecule has 1 N–H and O–H groups in total. The van der Waals surface area contributed by atoms with Gasteiger partial charge in [0.15, 0.2) is 0 Å². The van der Waals surface area contributed by atoms with Crippen LogP contribution in [0.5, 0.6) is 0 Å². The fraction of sp³-hybridized carbons (Fsp3) is 0.500. The van der Waals surface area contributed by atoms with E-state index in [1.165, 1.54) is 11.4 Å². The Morgan fingerprint density at radius 1 is 1.53 bits per heavy atom. The Kier molecular flexibility index (Phi) is 2.68. The van der Waals surface area contributed by atoms with Crippen LogP contribution in [0.25, 0.3) is 0 Å². The molecule has 1 unspecified atom stereocenters. The van der Waals surface area contributed by atoms with E-state index < -0.39 is 0 Å². The highest BCUT2D eigenvalue weighted by molar-refractivity contribution is 5.17. The van der Waals surface area contributed by atoms with Gasteiger partial charge in [-0.2, -0.15) is 5.10 Å². The first-order chi connectivity index (χ1) is 8.34. The van der Waals surface area contributed by atoms with E-state index in [-0.39, 0.29) is 0 Å². The molecule has 0 bridgehead atoms. The third-order valence-electron chi connectivity index (χ3n) is 3.30. The van der Waals surface area contributed by atoms with Crippen molar-refractivity contribution in [1.29, 1.82) is 0 Å². The molecule has 0 spiro atoms. The number of imidazole rings is 1. The van der Waals surface area contributed by atoms with E-state index in [9.17, 15) is 0 Å². The molecule has 0 saturated heterocycles. The molecule has 0 radical (unpaired) electrons. The van der Waals surface area contributed by atoms with Crippen molar-refractivity contribution in [2.45, 2.75) is 32.5 Å². The number of nitrogens with zero attached hydrogens (tertiary/aromatic N) is 4. The first-order valence-electron chi connectivity index (χ1n) is 6.07. The van der Waals surface area contributed by atoms with E-state index in [2.05, 4.69) is 26.9 Å². The van der Waals surface area contributed by atoms with Crippen molar-refractivity contribution in [3.05, 3.63) is 36.2 Å². The summed E-state index contributed by atoms with van der Waals surface area (Å²) in [6, 6.07) is 2.35. The molecule has 1 aliphatic rings. The maximum Gasteiger partial charge on any atom is 0.0955 e. The third-order valence-corrected chi connectivity index (χ3v) is 3.30. The molecule has 1 atom stereocenters. The minimum atomic E-state index is 0.393. The normalized spacial score (nSPS) is 16.8. The largest absolute Gasteiger partial charge is 0.330 e. The van der Waals surface area contributed by atoms with Crippen LogP contribution in [0.2, 0.25) is 0 Å². The van der Waals surface area contributed by atoms with Gasteiger partial charge in [-0.1, -0.05) is 0 Å². The molecular weight excluding hydrogens is 214 g/mol. The third kappa shape index (κ3) is 1.98. The topological polar surface area (TPSA) is 47.7 Å². The molecule has 0 aliphatic carbocycles. The van der Waals surface area contributed by atoms with Gasteiger partial charge in [0.25, 0.3) is 0 Å². The summed E-state index contributed by atoms with van der Waals surface area (Å²) in [4.78, 5) is 4.48. The van der Waals surface area contributed by atoms with Gasteiger partial charge in [-0.25, -0.2) is 4.98 Å². The molecule has 90 valence electrons. The zero-order valence-electron chi connectivity index (χ0n) is 10.0. The van der Waals surface area contributed by atoms with Gasteiger partial charge < -0.3 is 9.88 Å². The Labute approximate surface area is 100 Å². The van der Waals surface area contributed by atoms with Crippen molar-refractivity contribution in [2.75, 3.05) is 6.54 Å². The van der Waals surface area contributed by atoms with Crippen molar-refractivity contribution in [1.82, 2.24) is 24.6 Å². The predicted octanol–water partition coefficient (Wildman–Crippen LogP) is 0.986. The quantitative estimate of drug-likeness (QED) is 0.857. The van der Waals surface area contributed by atoms with Crippen molar-refractivity contribution in [3.63, 3.8) is 0 Å². The molecule has 1 aliphatic heterocycles. The summed E-state index contributed by atoms with van der Waals surface area (Å²) >= 11 is 0. The number of rotatable bonds is 3. The van der Waals surface area contributed by atoms with Crippen LogP contribution >= 0.6 is 0 Å². The second-order valence-electron chi connectivity index (χ2n) is 4.55. The number of aromatic nitrogens is 4. The average molecular weight is 231 g/mol. The summed E-state index contributed by atoms with van der Waals surface area (Å²) in [6.45, 7) is 5.05. The minimum absolute atomic E-state index is 0.393. The average Bonchev–Trinajstić information content (AvgIpc) is 2.96. The van der Waals surface area contributed by atoms with Gasteiger partial charge in [0.2, 0.25) is 0 Å². The molecule has 0 fully saturated rings. The lowest BCUT2D eigenvalue weighted by Gasteiger charge is -2.20. The van der Waals surface area contributed by atoms with Crippen molar-refractivity contribution in [3.8, 4) is 0 Å². The highest BCUT2D eigenvalue weighted by atomic mass is 15.3. The van der Waals surface area contributed by atoms with Crippen LogP contribution < -0.4 is 5.32 Å². The van der Waals surface area contributed by atoms with Gasteiger partial charge in [0, 0.05) is 37.6 Å². The minimum Gasteiger partial charge on any atom is -0.330 e. The second kappa shape index (κ2) is 4.33. The Balaban J connectivity index is 1.81. The summed E-state index contributed by atoms with van der Waals surface area (Å²) < 4.78 is 4.26. The molecule has 3 heterocycles. The van der Waals surface area contributed by atoms with E-state index in [0.29, 0.717) is 6.04 Å². The standard InChI is InChI=1S/C12H17N5/c1-10(8-16-6-2-4-15-16)17-9-14-11-7-13-5-3-12(11)17/h2,4,6,9-10,13H,3,5,7-8H2,1H3. The number of nitrogens with one attached hydrogen (secondary N) is 1. The number of hydrogen-bond acceptors (Lipinski definition) is 3. The summed E-state index contributed by atoms with van der Waals surface area (Å²) in [5, 5.41) is 7.59. The van der Waals surface area contributed by atoms with Crippen molar-refractivity contribution in [2.24, 2.45) is 0 Å². The molecule has 5 nitrogen and oxygen atoms in total. The van der Waals surface area contributed by atoms with Crippen LogP contribution in [-0.2, 0) is 19.5 Å². The smallest absolute Gasteiger partial charge is 0.0955 e. The number of hydrogen-bond donors (Lipinski definition) is 1. The Morgan fingerprint density at radius 2 is 2.47 bits per heavy atom. The van der Waals surface area contributed by atoms with Crippen LogP contribution in [0.4, 0.5) is 0 Å². The van der Waals surface area contributed by atoms with Crippen LogP contribution in [0.15, 0.2) is 24.8 Å². The second-order valence-corrected chi connectivity index (χ2v) is 4.55. The molecule has 3 rings (SSSR count). The first kappa shape index (κ1) is 10.5. The SMILES string of the molecule is CC(Cn1cccn1)n1cnc2c1CCNC2. The highest BCUT2D eigenvalue weighted by Gasteiger charge is 2.17.